The predicted octanol–water partition coefficient (Wildman–Crippen LogP) is 4.47. The predicted molar refractivity (Wildman–Crippen MR) is 92.6 cm³/mol. The normalized spacial score (nSPS) is 11.2. The maximum absolute atomic E-state index is 12.7. The number of nitrogens with two attached hydrogens (primary N) is 1. The van der Waals surface area contributed by atoms with Gasteiger partial charge in [0.15, 0.2) is 5.76 Å². The SMILES string of the molecule is N#Cc1c(NCc2ncc(C(F)(F)F)cc2Cl)cc(N)nc1-c1ccco1. The molecule has 0 spiro atoms. The Labute approximate surface area is 156 Å². The first kappa shape index (κ1) is 18.5. The van der Waals surface area contributed by atoms with E-state index in [0.29, 0.717) is 17.6 Å². The number of aromatic nitrogens is 2. The van der Waals surface area contributed by atoms with E-state index in [9.17, 15) is 18.4 Å². The highest BCUT2D eigenvalue weighted by atomic mass is 35.5. The summed E-state index contributed by atoms with van der Waals surface area (Å²) in [6.07, 6.45) is -2.41. The van der Waals surface area contributed by atoms with Crippen LogP contribution in [-0.4, -0.2) is 9.97 Å². The van der Waals surface area contributed by atoms with Crippen molar-refractivity contribution in [2.24, 2.45) is 0 Å². The lowest BCUT2D eigenvalue weighted by molar-refractivity contribution is -0.137. The third-order valence-electron chi connectivity index (χ3n) is 3.60. The minimum absolute atomic E-state index is 0.0211. The molecule has 0 bridgehead atoms. The zero-order valence-electron chi connectivity index (χ0n) is 13.5. The molecule has 3 heterocycles. The topological polar surface area (TPSA) is 101 Å². The van der Waals surface area contributed by atoms with Crippen LogP contribution in [0.1, 0.15) is 16.8 Å². The van der Waals surface area contributed by atoms with E-state index >= 15 is 0 Å². The van der Waals surface area contributed by atoms with E-state index in [0.717, 1.165) is 6.07 Å². The molecule has 0 saturated carbocycles. The highest BCUT2D eigenvalue weighted by Crippen LogP contribution is 2.32. The lowest BCUT2D eigenvalue weighted by Crippen LogP contribution is -2.10. The van der Waals surface area contributed by atoms with Crippen molar-refractivity contribution in [1.82, 2.24) is 9.97 Å². The Morgan fingerprint density at radius 2 is 2.11 bits per heavy atom. The lowest BCUT2D eigenvalue weighted by atomic mass is 10.1. The highest BCUT2D eigenvalue weighted by Gasteiger charge is 2.31. The third kappa shape index (κ3) is 3.96. The van der Waals surface area contributed by atoms with E-state index < -0.39 is 11.7 Å². The van der Waals surface area contributed by atoms with Crippen LogP contribution in [0.5, 0.6) is 0 Å². The van der Waals surface area contributed by atoms with E-state index in [1.807, 2.05) is 6.07 Å². The van der Waals surface area contributed by atoms with Crippen molar-refractivity contribution in [3.63, 3.8) is 0 Å². The highest BCUT2D eigenvalue weighted by molar-refractivity contribution is 6.31. The molecule has 0 aromatic carbocycles. The van der Waals surface area contributed by atoms with Gasteiger partial charge in [0.2, 0.25) is 0 Å². The number of alkyl halides is 3. The van der Waals surface area contributed by atoms with Crippen LogP contribution < -0.4 is 11.1 Å². The molecule has 0 unspecified atom stereocenters. The van der Waals surface area contributed by atoms with E-state index in [2.05, 4.69) is 15.3 Å². The first-order valence-corrected chi connectivity index (χ1v) is 7.87. The molecule has 138 valence electrons. The van der Waals surface area contributed by atoms with Gasteiger partial charge < -0.3 is 15.5 Å². The van der Waals surface area contributed by atoms with Gasteiger partial charge in [0.1, 0.15) is 23.1 Å². The number of furan rings is 1. The maximum atomic E-state index is 12.7. The molecule has 0 radical (unpaired) electrons. The van der Waals surface area contributed by atoms with E-state index in [1.165, 1.54) is 12.3 Å². The summed E-state index contributed by atoms with van der Waals surface area (Å²) in [4.78, 5) is 7.86. The van der Waals surface area contributed by atoms with Crippen molar-refractivity contribution in [2.75, 3.05) is 11.1 Å². The fraction of sp³-hybridized carbons (Fsp3) is 0.118. The van der Waals surface area contributed by atoms with Crippen LogP contribution >= 0.6 is 11.6 Å². The molecule has 3 aromatic heterocycles. The quantitative estimate of drug-likeness (QED) is 0.678. The van der Waals surface area contributed by atoms with Gasteiger partial charge in [-0.3, -0.25) is 4.98 Å². The van der Waals surface area contributed by atoms with Crippen LogP contribution in [0, 0.1) is 11.3 Å². The van der Waals surface area contributed by atoms with Crippen LogP contribution in [0.4, 0.5) is 24.7 Å². The van der Waals surface area contributed by atoms with Gasteiger partial charge in [0, 0.05) is 12.3 Å². The molecule has 0 amide bonds. The number of rotatable bonds is 4. The molecule has 3 aromatic rings. The lowest BCUT2D eigenvalue weighted by Gasteiger charge is -2.13. The molecule has 0 atom stereocenters. The van der Waals surface area contributed by atoms with Gasteiger partial charge in [0.05, 0.1) is 34.8 Å². The van der Waals surface area contributed by atoms with Crippen LogP contribution in [0.25, 0.3) is 11.5 Å². The fourth-order valence-corrected chi connectivity index (χ4v) is 2.57. The smallest absolute Gasteiger partial charge is 0.417 e. The van der Waals surface area contributed by atoms with Crippen molar-refractivity contribution in [2.45, 2.75) is 12.7 Å². The van der Waals surface area contributed by atoms with Gasteiger partial charge in [0.25, 0.3) is 0 Å². The zero-order valence-corrected chi connectivity index (χ0v) is 14.3. The largest absolute Gasteiger partial charge is 0.463 e. The number of nitrogens with one attached hydrogen (secondary N) is 1. The Hall–Kier alpha value is -3.25. The molecule has 0 aliphatic heterocycles. The number of hydrogen-bond acceptors (Lipinski definition) is 6. The second-order valence-electron chi connectivity index (χ2n) is 5.41. The van der Waals surface area contributed by atoms with Gasteiger partial charge in [-0.2, -0.15) is 18.4 Å². The van der Waals surface area contributed by atoms with Crippen LogP contribution in [-0.2, 0) is 12.7 Å². The van der Waals surface area contributed by atoms with Crippen molar-refractivity contribution >= 4 is 23.1 Å². The first-order chi connectivity index (χ1) is 12.8. The monoisotopic (exact) mass is 393 g/mol. The van der Waals surface area contributed by atoms with Crippen LogP contribution in [0.3, 0.4) is 0 Å². The summed E-state index contributed by atoms with van der Waals surface area (Å²) >= 11 is 5.90. The summed E-state index contributed by atoms with van der Waals surface area (Å²) in [6.45, 7) is -0.0211. The van der Waals surface area contributed by atoms with Gasteiger partial charge in [-0.05, 0) is 18.2 Å². The first-order valence-electron chi connectivity index (χ1n) is 7.49. The Morgan fingerprint density at radius 3 is 2.70 bits per heavy atom. The Morgan fingerprint density at radius 1 is 1.33 bits per heavy atom. The minimum Gasteiger partial charge on any atom is -0.463 e. The molecular formula is C17H11ClF3N5O. The summed E-state index contributed by atoms with van der Waals surface area (Å²) in [5.74, 6) is 0.488. The van der Waals surface area contributed by atoms with Crippen molar-refractivity contribution in [3.05, 3.63) is 58.6 Å². The molecule has 27 heavy (non-hydrogen) atoms. The molecule has 10 heteroatoms. The van der Waals surface area contributed by atoms with Crippen LogP contribution in [0.2, 0.25) is 5.02 Å². The maximum Gasteiger partial charge on any atom is 0.417 e. The van der Waals surface area contributed by atoms with Crippen molar-refractivity contribution in [3.8, 4) is 17.5 Å². The van der Waals surface area contributed by atoms with Crippen LogP contribution in [0.15, 0.2) is 41.1 Å². The zero-order chi connectivity index (χ0) is 19.6. The number of anilines is 2. The number of nitriles is 1. The van der Waals surface area contributed by atoms with Crippen molar-refractivity contribution < 1.29 is 17.6 Å². The standard InChI is InChI=1S/C17H11ClF3N5O/c18-11-4-9(17(19,20)21)7-24-13(11)8-25-12-5-15(23)26-16(10(12)6-22)14-2-1-3-27-14/h1-5,7H,8H2,(H3,23,25,26). The number of nitrogen functional groups attached to an aromatic ring is 1. The molecule has 0 aliphatic carbocycles. The summed E-state index contributed by atoms with van der Waals surface area (Å²) < 4.78 is 43.3. The molecule has 3 N–H and O–H groups in total. The average molecular weight is 394 g/mol. The summed E-state index contributed by atoms with van der Waals surface area (Å²) in [5.41, 5.74) is 5.77. The van der Waals surface area contributed by atoms with E-state index in [-0.39, 0.29) is 34.3 Å². The second-order valence-corrected chi connectivity index (χ2v) is 5.82. The molecule has 6 nitrogen and oxygen atoms in total. The summed E-state index contributed by atoms with van der Waals surface area (Å²) in [5, 5.41) is 12.2. The molecule has 0 fully saturated rings. The summed E-state index contributed by atoms with van der Waals surface area (Å²) in [6, 6.07) is 7.51. The second kappa shape index (κ2) is 7.17. The number of halogens is 4. The number of hydrogen-bond donors (Lipinski definition) is 2. The summed E-state index contributed by atoms with van der Waals surface area (Å²) in [7, 11) is 0. The Bertz CT molecular complexity index is 1010. The van der Waals surface area contributed by atoms with E-state index in [4.69, 9.17) is 21.8 Å². The van der Waals surface area contributed by atoms with E-state index in [1.54, 1.807) is 12.1 Å². The van der Waals surface area contributed by atoms with Gasteiger partial charge >= 0.3 is 6.18 Å². The third-order valence-corrected chi connectivity index (χ3v) is 3.92. The molecule has 0 saturated heterocycles. The fourth-order valence-electron chi connectivity index (χ4n) is 2.34. The number of nitrogens with zero attached hydrogens (tertiary/aromatic N) is 3. The minimum atomic E-state index is -4.53. The molecule has 0 aliphatic rings. The Balaban J connectivity index is 1.90. The molecular weight excluding hydrogens is 383 g/mol. The van der Waals surface area contributed by atoms with Gasteiger partial charge in [-0.1, -0.05) is 11.6 Å². The molecule has 3 rings (SSSR count). The Kier molecular flexibility index (Phi) is 4.92. The average Bonchev–Trinajstić information content (AvgIpc) is 3.13. The number of pyridine rings is 2. The van der Waals surface area contributed by atoms with Gasteiger partial charge in [-0.25, -0.2) is 4.98 Å². The van der Waals surface area contributed by atoms with Crippen molar-refractivity contribution in [1.29, 1.82) is 5.26 Å². The van der Waals surface area contributed by atoms with Gasteiger partial charge in [-0.15, -0.1) is 0 Å².